The molecule has 1 aromatic rings. The molecule has 2 atom stereocenters. The van der Waals surface area contributed by atoms with E-state index in [1.54, 1.807) is 30.1 Å². The van der Waals surface area contributed by atoms with Crippen molar-refractivity contribution in [1.82, 2.24) is 4.90 Å². The fraction of sp³-hybridized carbons (Fsp3) is 0.500. The summed E-state index contributed by atoms with van der Waals surface area (Å²) in [5.74, 6) is -0.401. The molecular weight excluding hydrogens is 231 g/mol. The first-order valence-corrected chi connectivity index (χ1v) is 6.17. The van der Waals surface area contributed by atoms with E-state index in [0.29, 0.717) is 18.5 Å². The molecule has 0 fully saturated rings. The second kappa shape index (κ2) is 6.50. The molecule has 2 unspecified atom stereocenters. The maximum atomic E-state index is 13.6. The molecule has 4 heteroatoms. The van der Waals surface area contributed by atoms with Crippen molar-refractivity contribution in [2.75, 3.05) is 13.6 Å². The Morgan fingerprint density at radius 1 is 1.39 bits per heavy atom. The van der Waals surface area contributed by atoms with Crippen LogP contribution >= 0.6 is 0 Å². The first-order valence-electron chi connectivity index (χ1n) is 6.17. The quantitative estimate of drug-likeness (QED) is 0.872. The maximum Gasteiger partial charge on any atom is 0.223 e. The van der Waals surface area contributed by atoms with Crippen molar-refractivity contribution >= 4 is 5.91 Å². The summed E-state index contributed by atoms with van der Waals surface area (Å²) in [6, 6.07) is 6.58. The zero-order chi connectivity index (χ0) is 13.7. The molecule has 3 nitrogen and oxygen atoms in total. The van der Waals surface area contributed by atoms with E-state index in [1.807, 2.05) is 13.8 Å². The van der Waals surface area contributed by atoms with Crippen LogP contribution in [0, 0.1) is 5.82 Å². The molecule has 0 saturated heterocycles. The predicted octanol–water partition coefficient (Wildman–Crippen LogP) is 2.12. The van der Waals surface area contributed by atoms with Crippen LogP contribution in [0.2, 0.25) is 0 Å². The van der Waals surface area contributed by atoms with Gasteiger partial charge in [0, 0.05) is 26.1 Å². The Morgan fingerprint density at radius 3 is 2.56 bits per heavy atom. The molecule has 0 bridgehead atoms. The average molecular weight is 252 g/mol. The molecule has 0 heterocycles. The Balaban J connectivity index is 2.68. The van der Waals surface area contributed by atoms with Crippen LogP contribution in [0.1, 0.15) is 31.7 Å². The van der Waals surface area contributed by atoms with Crippen LogP contribution in [0.3, 0.4) is 0 Å². The van der Waals surface area contributed by atoms with Crippen molar-refractivity contribution in [1.29, 1.82) is 0 Å². The molecule has 0 saturated carbocycles. The Labute approximate surface area is 108 Å². The van der Waals surface area contributed by atoms with Gasteiger partial charge >= 0.3 is 0 Å². The SMILES string of the molecule is CC(CC(=O)N(C)C(C)CN)c1ccccc1F. The van der Waals surface area contributed by atoms with Crippen LogP contribution in [0.15, 0.2) is 24.3 Å². The number of carbonyl (C=O) groups excluding carboxylic acids is 1. The van der Waals surface area contributed by atoms with Crippen molar-refractivity contribution < 1.29 is 9.18 Å². The van der Waals surface area contributed by atoms with Gasteiger partial charge in [-0.1, -0.05) is 25.1 Å². The highest BCUT2D eigenvalue weighted by molar-refractivity contribution is 5.77. The second-order valence-electron chi connectivity index (χ2n) is 4.72. The normalized spacial score (nSPS) is 14.1. The fourth-order valence-electron chi connectivity index (χ4n) is 1.79. The van der Waals surface area contributed by atoms with Gasteiger partial charge in [0.05, 0.1) is 0 Å². The van der Waals surface area contributed by atoms with E-state index in [0.717, 1.165) is 0 Å². The van der Waals surface area contributed by atoms with Crippen LogP contribution in [0.25, 0.3) is 0 Å². The summed E-state index contributed by atoms with van der Waals surface area (Å²) in [4.78, 5) is 13.6. The summed E-state index contributed by atoms with van der Waals surface area (Å²) in [6.45, 7) is 4.18. The van der Waals surface area contributed by atoms with Crippen molar-refractivity contribution in [3.05, 3.63) is 35.6 Å². The first-order chi connectivity index (χ1) is 8.47. The van der Waals surface area contributed by atoms with Crippen LogP contribution in [0.4, 0.5) is 4.39 Å². The number of benzene rings is 1. The summed E-state index contributed by atoms with van der Waals surface area (Å²) in [5.41, 5.74) is 6.11. The first kappa shape index (κ1) is 14.6. The number of rotatable bonds is 5. The van der Waals surface area contributed by atoms with Crippen molar-refractivity contribution in [3.8, 4) is 0 Å². The van der Waals surface area contributed by atoms with Crippen molar-refractivity contribution in [3.63, 3.8) is 0 Å². The van der Waals surface area contributed by atoms with Crippen molar-refractivity contribution in [2.24, 2.45) is 5.73 Å². The van der Waals surface area contributed by atoms with Crippen LogP contribution in [0.5, 0.6) is 0 Å². The number of likely N-dealkylation sites (N-methyl/N-ethyl adjacent to an activating group) is 1. The molecule has 2 N–H and O–H groups in total. The van der Waals surface area contributed by atoms with E-state index in [1.165, 1.54) is 6.07 Å². The molecule has 0 spiro atoms. The zero-order valence-corrected chi connectivity index (χ0v) is 11.2. The van der Waals surface area contributed by atoms with Gasteiger partial charge in [0.2, 0.25) is 5.91 Å². The largest absolute Gasteiger partial charge is 0.342 e. The maximum absolute atomic E-state index is 13.6. The summed E-state index contributed by atoms with van der Waals surface area (Å²) in [5, 5.41) is 0. The van der Waals surface area contributed by atoms with E-state index in [-0.39, 0.29) is 23.7 Å². The minimum Gasteiger partial charge on any atom is -0.342 e. The molecule has 1 aromatic carbocycles. The average Bonchev–Trinajstić information content (AvgIpc) is 2.37. The molecule has 1 amide bonds. The third kappa shape index (κ3) is 3.53. The Kier molecular flexibility index (Phi) is 5.28. The standard InChI is InChI=1S/C14H21FN2O/c1-10(12-6-4-5-7-13(12)15)8-14(18)17(3)11(2)9-16/h4-7,10-11H,8-9,16H2,1-3H3. The molecule has 0 aromatic heterocycles. The van der Waals surface area contributed by atoms with Gasteiger partial charge in [0.25, 0.3) is 0 Å². The number of amides is 1. The summed E-state index contributed by atoms with van der Waals surface area (Å²) in [7, 11) is 1.73. The number of carbonyl (C=O) groups is 1. The number of nitrogens with two attached hydrogens (primary N) is 1. The lowest BCUT2D eigenvalue weighted by molar-refractivity contribution is -0.131. The van der Waals surface area contributed by atoms with Crippen LogP contribution < -0.4 is 5.73 Å². The van der Waals surface area contributed by atoms with Gasteiger partial charge in [-0.25, -0.2) is 4.39 Å². The van der Waals surface area contributed by atoms with Gasteiger partial charge in [0.15, 0.2) is 0 Å². The van der Waals surface area contributed by atoms with E-state index < -0.39 is 0 Å². The third-order valence-corrected chi connectivity index (χ3v) is 3.31. The van der Waals surface area contributed by atoms with Gasteiger partial charge in [-0.2, -0.15) is 0 Å². The van der Waals surface area contributed by atoms with Gasteiger partial charge in [-0.05, 0) is 24.5 Å². The van der Waals surface area contributed by atoms with E-state index >= 15 is 0 Å². The van der Waals surface area contributed by atoms with Crippen LogP contribution in [-0.2, 0) is 4.79 Å². The highest BCUT2D eigenvalue weighted by Crippen LogP contribution is 2.22. The topological polar surface area (TPSA) is 46.3 Å². The highest BCUT2D eigenvalue weighted by Gasteiger charge is 2.19. The molecule has 0 aliphatic carbocycles. The number of hydrogen-bond donors (Lipinski definition) is 1. The van der Waals surface area contributed by atoms with Gasteiger partial charge in [-0.3, -0.25) is 4.79 Å². The Hall–Kier alpha value is -1.42. The highest BCUT2D eigenvalue weighted by atomic mass is 19.1. The van der Waals surface area contributed by atoms with Crippen molar-refractivity contribution in [2.45, 2.75) is 32.2 Å². The molecule has 0 aliphatic heterocycles. The lowest BCUT2D eigenvalue weighted by Crippen LogP contribution is -2.40. The minimum atomic E-state index is -0.257. The molecule has 1 rings (SSSR count). The monoisotopic (exact) mass is 252 g/mol. The smallest absolute Gasteiger partial charge is 0.223 e. The minimum absolute atomic E-state index is 0.00493. The molecule has 0 radical (unpaired) electrons. The van der Waals surface area contributed by atoms with E-state index in [9.17, 15) is 9.18 Å². The van der Waals surface area contributed by atoms with Crippen LogP contribution in [-0.4, -0.2) is 30.4 Å². The molecular formula is C14H21FN2O. The summed E-state index contributed by atoms with van der Waals surface area (Å²) < 4.78 is 13.6. The summed E-state index contributed by atoms with van der Waals surface area (Å²) >= 11 is 0. The Morgan fingerprint density at radius 2 is 2.00 bits per heavy atom. The predicted molar refractivity (Wildman–Crippen MR) is 70.7 cm³/mol. The van der Waals surface area contributed by atoms with E-state index in [4.69, 9.17) is 5.73 Å². The lowest BCUT2D eigenvalue weighted by Gasteiger charge is -2.25. The van der Waals surface area contributed by atoms with E-state index in [2.05, 4.69) is 0 Å². The Bertz CT molecular complexity index is 409. The van der Waals surface area contributed by atoms with Gasteiger partial charge in [-0.15, -0.1) is 0 Å². The molecule has 100 valence electrons. The third-order valence-electron chi connectivity index (χ3n) is 3.31. The number of hydrogen-bond acceptors (Lipinski definition) is 2. The second-order valence-corrected chi connectivity index (χ2v) is 4.72. The number of halogens is 1. The lowest BCUT2D eigenvalue weighted by atomic mass is 9.96. The molecule has 0 aliphatic rings. The summed E-state index contributed by atoms with van der Waals surface area (Å²) in [6.07, 6.45) is 0.293. The number of nitrogens with zero attached hydrogens (tertiary/aromatic N) is 1. The zero-order valence-electron chi connectivity index (χ0n) is 11.2. The van der Waals surface area contributed by atoms with Gasteiger partial charge in [0.1, 0.15) is 5.82 Å². The fourth-order valence-corrected chi connectivity index (χ4v) is 1.79. The van der Waals surface area contributed by atoms with Gasteiger partial charge < -0.3 is 10.6 Å². The molecule has 18 heavy (non-hydrogen) atoms.